The summed E-state index contributed by atoms with van der Waals surface area (Å²) in [5.74, 6) is 2.70. The SMILES string of the molecule is CCCNCC(CCC)N(C)C1CCSC1. The predicted molar refractivity (Wildman–Crippen MR) is 75.3 cm³/mol. The molecule has 0 saturated carbocycles. The summed E-state index contributed by atoms with van der Waals surface area (Å²) in [4.78, 5) is 2.63. The van der Waals surface area contributed by atoms with E-state index in [1.165, 1.54) is 43.7 Å². The fourth-order valence-electron chi connectivity index (χ4n) is 2.37. The Kier molecular flexibility index (Phi) is 7.50. The minimum atomic E-state index is 0.736. The molecule has 1 N–H and O–H groups in total. The largest absolute Gasteiger partial charge is 0.315 e. The average Bonchev–Trinajstić information content (AvgIpc) is 2.81. The third-order valence-corrected chi connectivity index (χ3v) is 4.63. The lowest BCUT2D eigenvalue weighted by molar-refractivity contribution is 0.173. The molecular weight excluding hydrogens is 216 g/mol. The summed E-state index contributed by atoms with van der Waals surface area (Å²) in [6.45, 7) is 6.86. The van der Waals surface area contributed by atoms with Crippen LogP contribution in [0.15, 0.2) is 0 Å². The summed E-state index contributed by atoms with van der Waals surface area (Å²) >= 11 is 2.11. The van der Waals surface area contributed by atoms with E-state index in [0.717, 1.165) is 18.6 Å². The van der Waals surface area contributed by atoms with Gasteiger partial charge in [0.25, 0.3) is 0 Å². The summed E-state index contributed by atoms with van der Waals surface area (Å²) in [5, 5.41) is 3.58. The van der Waals surface area contributed by atoms with Crippen molar-refractivity contribution in [2.45, 2.75) is 51.6 Å². The van der Waals surface area contributed by atoms with Gasteiger partial charge in [-0.05, 0) is 38.6 Å². The Labute approximate surface area is 106 Å². The van der Waals surface area contributed by atoms with Crippen molar-refractivity contribution in [1.82, 2.24) is 10.2 Å². The van der Waals surface area contributed by atoms with Gasteiger partial charge in [-0.3, -0.25) is 4.90 Å². The molecule has 3 heteroatoms. The molecule has 0 bridgehead atoms. The van der Waals surface area contributed by atoms with E-state index in [1.807, 2.05) is 0 Å². The van der Waals surface area contributed by atoms with Gasteiger partial charge >= 0.3 is 0 Å². The number of hydrogen-bond acceptors (Lipinski definition) is 3. The molecule has 1 aliphatic heterocycles. The van der Waals surface area contributed by atoms with Crippen LogP contribution in [-0.2, 0) is 0 Å². The molecule has 1 aliphatic rings. The first-order chi connectivity index (χ1) is 7.79. The smallest absolute Gasteiger partial charge is 0.0220 e. The fraction of sp³-hybridized carbons (Fsp3) is 1.00. The Hall–Kier alpha value is 0.270. The van der Waals surface area contributed by atoms with Gasteiger partial charge < -0.3 is 5.32 Å². The molecule has 0 spiro atoms. The second kappa shape index (κ2) is 8.37. The first-order valence-electron chi connectivity index (χ1n) is 6.80. The Morgan fingerprint density at radius 1 is 1.38 bits per heavy atom. The zero-order valence-corrected chi connectivity index (χ0v) is 12.0. The van der Waals surface area contributed by atoms with Crippen LogP contribution < -0.4 is 5.32 Å². The number of hydrogen-bond donors (Lipinski definition) is 1. The maximum atomic E-state index is 3.58. The highest BCUT2D eigenvalue weighted by molar-refractivity contribution is 7.99. The van der Waals surface area contributed by atoms with Crippen LogP contribution in [0.5, 0.6) is 0 Å². The highest BCUT2D eigenvalue weighted by atomic mass is 32.2. The molecule has 0 aromatic heterocycles. The Morgan fingerprint density at radius 2 is 2.19 bits per heavy atom. The first-order valence-corrected chi connectivity index (χ1v) is 7.95. The zero-order valence-electron chi connectivity index (χ0n) is 11.2. The molecule has 2 unspecified atom stereocenters. The van der Waals surface area contributed by atoms with Crippen molar-refractivity contribution in [2.75, 3.05) is 31.6 Å². The van der Waals surface area contributed by atoms with Crippen LogP contribution in [0.1, 0.15) is 39.5 Å². The average molecular weight is 244 g/mol. The van der Waals surface area contributed by atoms with E-state index in [9.17, 15) is 0 Å². The second-order valence-corrected chi connectivity index (χ2v) is 5.98. The highest BCUT2D eigenvalue weighted by Gasteiger charge is 2.25. The van der Waals surface area contributed by atoms with Gasteiger partial charge in [0, 0.05) is 24.4 Å². The van der Waals surface area contributed by atoms with Crippen molar-refractivity contribution in [3.63, 3.8) is 0 Å². The van der Waals surface area contributed by atoms with E-state index in [1.54, 1.807) is 0 Å². The van der Waals surface area contributed by atoms with Crippen molar-refractivity contribution in [2.24, 2.45) is 0 Å². The van der Waals surface area contributed by atoms with Crippen LogP contribution in [-0.4, -0.2) is 48.6 Å². The summed E-state index contributed by atoms with van der Waals surface area (Å²) < 4.78 is 0. The molecule has 0 amide bonds. The van der Waals surface area contributed by atoms with Crippen molar-refractivity contribution in [3.05, 3.63) is 0 Å². The Bertz CT molecular complexity index is 169. The lowest BCUT2D eigenvalue weighted by atomic mass is 10.1. The summed E-state index contributed by atoms with van der Waals surface area (Å²) in [6, 6.07) is 1.56. The fourth-order valence-corrected chi connectivity index (χ4v) is 3.65. The van der Waals surface area contributed by atoms with Crippen LogP contribution in [0.4, 0.5) is 0 Å². The maximum Gasteiger partial charge on any atom is 0.0220 e. The van der Waals surface area contributed by atoms with Gasteiger partial charge in [-0.25, -0.2) is 0 Å². The molecular formula is C13H28N2S. The van der Waals surface area contributed by atoms with Crippen LogP contribution in [0.25, 0.3) is 0 Å². The van der Waals surface area contributed by atoms with Crippen molar-refractivity contribution >= 4 is 11.8 Å². The van der Waals surface area contributed by atoms with Crippen LogP contribution in [0, 0.1) is 0 Å². The summed E-state index contributed by atoms with van der Waals surface area (Å²) in [5.41, 5.74) is 0. The normalized spacial score (nSPS) is 22.9. The van der Waals surface area contributed by atoms with Gasteiger partial charge in [-0.1, -0.05) is 20.3 Å². The Balaban J connectivity index is 2.34. The highest BCUT2D eigenvalue weighted by Crippen LogP contribution is 2.23. The number of likely N-dealkylation sites (N-methyl/N-ethyl adjacent to an activating group) is 1. The minimum Gasteiger partial charge on any atom is -0.315 e. The molecule has 2 atom stereocenters. The summed E-state index contributed by atoms with van der Waals surface area (Å²) in [6.07, 6.45) is 5.24. The Morgan fingerprint density at radius 3 is 2.75 bits per heavy atom. The molecule has 1 heterocycles. The van der Waals surface area contributed by atoms with Crippen molar-refractivity contribution in [1.29, 1.82) is 0 Å². The van der Waals surface area contributed by atoms with Crippen molar-refractivity contribution in [3.8, 4) is 0 Å². The predicted octanol–water partition coefficient (Wildman–Crippen LogP) is 2.59. The van der Waals surface area contributed by atoms with Crippen molar-refractivity contribution < 1.29 is 0 Å². The number of nitrogens with zero attached hydrogens (tertiary/aromatic N) is 1. The molecule has 1 saturated heterocycles. The van der Waals surface area contributed by atoms with E-state index >= 15 is 0 Å². The van der Waals surface area contributed by atoms with Gasteiger partial charge in [0.1, 0.15) is 0 Å². The third-order valence-electron chi connectivity index (χ3n) is 3.49. The molecule has 0 aromatic carbocycles. The second-order valence-electron chi connectivity index (χ2n) is 4.83. The number of thioether (sulfide) groups is 1. The van der Waals surface area contributed by atoms with Crippen LogP contribution in [0.3, 0.4) is 0 Å². The summed E-state index contributed by atoms with van der Waals surface area (Å²) in [7, 11) is 2.32. The molecule has 2 nitrogen and oxygen atoms in total. The topological polar surface area (TPSA) is 15.3 Å². The van der Waals surface area contributed by atoms with E-state index < -0.39 is 0 Å². The maximum absolute atomic E-state index is 3.58. The van der Waals surface area contributed by atoms with Crippen LogP contribution in [0.2, 0.25) is 0 Å². The molecule has 1 fully saturated rings. The monoisotopic (exact) mass is 244 g/mol. The standard InChI is InChI=1S/C13H28N2S/c1-4-6-12(10-14-8-5-2)15(3)13-7-9-16-11-13/h12-14H,4-11H2,1-3H3. The van der Waals surface area contributed by atoms with E-state index in [2.05, 4.69) is 42.9 Å². The van der Waals surface area contributed by atoms with E-state index in [-0.39, 0.29) is 0 Å². The lowest BCUT2D eigenvalue weighted by Gasteiger charge is -2.33. The van der Waals surface area contributed by atoms with Crippen LogP contribution >= 0.6 is 11.8 Å². The van der Waals surface area contributed by atoms with E-state index in [4.69, 9.17) is 0 Å². The molecule has 1 rings (SSSR count). The number of nitrogens with one attached hydrogen (secondary N) is 1. The molecule has 0 radical (unpaired) electrons. The lowest BCUT2D eigenvalue weighted by Crippen LogP contribution is -2.45. The zero-order chi connectivity index (χ0) is 11.8. The molecule has 0 aliphatic carbocycles. The quantitative estimate of drug-likeness (QED) is 0.661. The minimum absolute atomic E-state index is 0.736. The molecule has 0 aromatic rings. The third kappa shape index (κ3) is 4.64. The van der Waals surface area contributed by atoms with Gasteiger partial charge in [0.2, 0.25) is 0 Å². The van der Waals surface area contributed by atoms with Gasteiger partial charge in [-0.15, -0.1) is 0 Å². The molecule has 16 heavy (non-hydrogen) atoms. The molecule has 96 valence electrons. The van der Waals surface area contributed by atoms with E-state index in [0.29, 0.717) is 0 Å². The van der Waals surface area contributed by atoms with Gasteiger partial charge in [0.05, 0.1) is 0 Å². The van der Waals surface area contributed by atoms with Gasteiger partial charge in [0.15, 0.2) is 0 Å². The van der Waals surface area contributed by atoms with Gasteiger partial charge in [-0.2, -0.15) is 11.8 Å². The number of rotatable bonds is 8. The first kappa shape index (κ1) is 14.3.